The third-order valence-corrected chi connectivity index (χ3v) is 3.92. The number of halogens is 3. The van der Waals surface area contributed by atoms with Gasteiger partial charge in [0.25, 0.3) is 0 Å². The molecule has 0 bridgehead atoms. The van der Waals surface area contributed by atoms with Gasteiger partial charge in [0.2, 0.25) is 5.89 Å². The van der Waals surface area contributed by atoms with Crippen LogP contribution in [0.15, 0.2) is 47.0 Å². The molecule has 0 unspecified atom stereocenters. The lowest BCUT2D eigenvalue weighted by Gasteiger charge is -2.04. The number of aromatic amines is 1. The van der Waals surface area contributed by atoms with Gasteiger partial charge in [0.1, 0.15) is 5.82 Å². The lowest BCUT2D eigenvalue weighted by atomic mass is 10.1. The Morgan fingerprint density at radius 3 is 2.92 bits per heavy atom. The highest BCUT2D eigenvalue weighted by molar-refractivity contribution is 6.38. The molecule has 0 amide bonds. The normalized spacial score (nSPS) is 10.6. The molecule has 4 rings (SSSR count). The number of nitrogens with one attached hydrogen (secondary N) is 2. The number of aromatic nitrogens is 4. The van der Waals surface area contributed by atoms with Gasteiger partial charge >= 0.3 is 6.01 Å². The van der Waals surface area contributed by atoms with Crippen molar-refractivity contribution >= 4 is 46.6 Å². The molecule has 0 spiro atoms. The Bertz CT molecular complexity index is 1020. The van der Waals surface area contributed by atoms with Crippen molar-refractivity contribution in [1.29, 1.82) is 0 Å². The van der Waals surface area contributed by atoms with Crippen LogP contribution in [0.25, 0.3) is 10.9 Å². The minimum atomic E-state index is -0.300. The maximum atomic E-state index is 13.2. The number of hydrogen-bond donors (Lipinski definition) is 2. The lowest BCUT2D eigenvalue weighted by Crippen LogP contribution is -1.91. The second-order valence-corrected chi connectivity index (χ2v) is 5.57. The third kappa shape index (κ3) is 3.57. The van der Waals surface area contributed by atoms with Crippen LogP contribution in [0.3, 0.4) is 0 Å². The molecule has 0 radical (unpaired) electrons. The van der Waals surface area contributed by atoms with E-state index in [0.29, 0.717) is 23.0 Å². The van der Waals surface area contributed by atoms with Gasteiger partial charge in [-0.05, 0) is 29.8 Å². The predicted octanol–water partition coefficient (Wildman–Crippen LogP) is 4.49. The van der Waals surface area contributed by atoms with Crippen LogP contribution in [-0.4, -0.2) is 20.4 Å². The molecule has 128 valence electrons. The Kier molecular flexibility index (Phi) is 4.87. The number of benzene rings is 2. The van der Waals surface area contributed by atoms with Gasteiger partial charge in [-0.3, -0.25) is 5.10 Å². The van der Waals surface area contributed by atoms with Crippen LogP contribution >= 0.6 is 24.0 Å². The second-order valence-electron chi connectivity index (χ2n) is 5.19. The number of nitrogens with zero attached hydrogens (tertiary/aromatic N) is 3. The highest BCUT2D eigenvalue weighted by Crippen LogP contribution is 2.31. The van der Waals surface area contributed by atoms with E-state index in [-0.39, 0.29) is 24.2 Å². The van der Waals surface area contributed by atoms with Gasteiger partial charge in [-0.15, -0.1) is 17.5 Å². The molecular formula is C16H12Cl2FN5O. The van der Waals surface area contributed by atoms with E-state index in [1.54, 1.807) is 24.4 Å². The maximum Gasteiger partial charge on any atom is 0.320 e. The Labute approximate surface area is 152 Å². The molecule has 6 nitrogen and oxygen atoms in total. The van der Waals surface area contributed by atoms with Crippen LogP contribution < -0.4 is 5.32 Å². The summed E-state index contributed by atoms with van der Waals surface area (Å²) in [7, 11) is 0. The fraction of sp³-hybridized carbons (Fsp3) is 0.0625. The van der Waals surface area contributed by atoms with Crippen molar-refractivity contribution in [1.82, 2.24) is 20.4 Å². The predicted molar refractivity (Wildman–Crippen MR) is 95.1 cm³/mol. The molecule has 2 heterocycles. The van der Waals surface area contributed by atoms with Crippen LogP contribution in [-0.2, 0) is 6.42 Å². The van der Waals surface area contributed by atoms with E-state index in [4.69, 9.17) is 16.0 Å². The summed E-state index contributed by atoms with van der Waals surface area (Å²) in [5.41, 5.74) is 2.22. The molecule has 0 atom stereocenters. The van der Waals surface area contributed by atoms with Crippen LogP contribution in [0.1, 0.15) is 11.5 Å². The van der Waals surface area contributed by atoms with Crippen LogP contribution in [0.4, 0.5) is 16.1 Å². The molecule has 0 saturated carbocycles. The van der Waals surface area contributed by atoms with Crippen molar-refractivity contribution in [3.63, 3.8) is 0 Å². The number of rotatable bonds is 4. The second kappa shape index (κ2) is 7.08. The van der Waals surface area contributed by atoms with Gasteiger partial charge in [0.05, 0.1) is 28.8 Å². The molecule has 0 aliphatic carbocycles. The maximum absolute atomic E-state index is 13.2. The molecule has 9 heteroatoms. The Hall–Kier alpha value is -2.64. The lowest BCUT2D eigenvalue weighted by molar-refractivity contribution is 0.520. The summed E-state index contributed by atoms with van der Waals surface area (Å²) in [5, 5.41) is 19.0. The zero-order chi connectivity index (χ0) is 16.5. The Balaban J connectivity index is 0.00000182. The van der Waals surface area contributed by atoms with Gasteiger partial charge in [0.15, 0.2) is 0 Å². The first kappa shape index (κ1) is 17.2. The molecule has 0 aliphatic heterocycles. The van der Waals surface area contributed by atoms with E-state index < -0.39 is 0 Å². The highest BCUT2D eigenvalue weighted by Gasteiger charge is 2.11. The number of anilines is 2. The first-order valence-electron chi connectivity index (χ1n) is 7.14. The van der Waals surface area contributed by atoms with Gasteiger partial charge in [-0.25, -0.2) is 4.39 Å². The van der Waals surface area contributed by atoms with E-state index in [1.807, 2.05) is 6.07 Å². The SMILES string of the molecule is Cl.Fc1cccc(Cc2nnc(Nc3ccc4[nH]ncc4c3Cl)o2)c1. The highest BCUT2D eigenvalue weighted by atomic mass is 35.5. The molecule has 2 aromatic carbocycles. The topological polar surface area (TPSA) is 79.6 Å². The van der Waals surface area contributed by atoms with Crippen molar-refractivity contribution < 1.29 is 8.81 Å². The first-order chi connectivity index (χ1) is 11.7. The summed E-state index contributed by atoms with van der Waals surface area (Å²) >= 11 is 6.33. The Morgan fingerprint density at radius 1 is 1.20 bits per heavy atom. The molecule has 0 saturated heterocycles. The average Bonchev–Trinajstić information content (AvgIpc) is 3.20. The van der Waals surface area contributed by atoms with Crippen molar-refractivity contribution in [2.24, 2.45) is 0 Å². The molecule has 25 heavy (non-hydrogen) atoms. The molecule has 0 fully saturated rings. The van der Waals surface area contributed by atoms with E-state index in [9.17, 15) is 4.39 Å². The fourth-order valence-corrected chi connectivity index (χ4v) is 2.65. The third-order valence-electron chi connectivity index (χ3n) is 3.51. The van der Waals surface area contributed by atoms with Gasteiger partial charge in [-0.1, -0.05) is 28.8 Å². The molecule has 2 N–H and O–H groups in total. The fourth-order valence-electron chi connectivity index (χ4n) is 2.39. The smallest absolute Gasteiger partial charge is 0.320 e. The zero-order valence-corrected chi connectivity index (χ0v) is 14.2. The molecule has 4 aromatic rings. The zero-order valence-electron chi connectivity index (χ0n) is 12.7. The summed E-state index contributed by atoms with van der Waals surface area (Å²) in [6.07, 6.45) is 1.99. The summed E-state index contributed by atoms with van der Waals surface area (Å²) in [6, 6.07) is 10.1. The number of hydrogen-bond acceptors (Lipinski definition) is 5. The molecule has 2 aromatic heterocycles. The monoisotopic (exact) mass is 379 g/mol. The van der Waals surface area contributed by atoms with Gasteiger partial charge < -0.3 is 9.73 Å². The number of fused-ring (bicyclic) bond motifs is 1. The molecule has 0 aliphatic rings. The van der Waals surface area contributed by atoms with E-state index in [2.05, 4.69) is 25.7 Å². The van der Waals surface area contributed by atoms with Crippen LogP contribution in [0, 0.1) is 5.82 Å². The van der Waals surface area contributed by atoms with Gasteiger partial charge in [0, 0.05) is 5.39 Å². The van der Waals surface area contributed by atoms with Gasteiger partial charge in [-0.2, -0.15) is 5.10 Å². The van der Waals surface area contributed by atoms with Crippen LogP contribution in [0.5, 0.6) is 0 Å². The van der Waals surface area contributed by atoms with Crippen molar-refractivity contribution in [3.05, 3.63) is 64.9 Å². The standard InChI is InChI=1S/C16H11ClFN5O.ClH/c17-15-11-8-19-21-12(11)4-5-13(15)20-16-23-22-14(24-16)7-9-2-1-3-10(18)6-9;/h1-6,8H,7H2,(H,19,21)(H,20,23);1H. The summed E-state index contributed by atoms with van der Waals surface area (Å²) in [6.45, 7) is 0. The van der Waals surface area contributed by atoms with Crippen molar-refractivity contribution in [3.8, 4) is 0 Å². The van der Waals surface area contributed by atoms with E-state index in [0.717, 1.165) is 16.5 Å². The van der Waals surface area contributed by atoms with E-state index >= 15 is 0 Å². The minimum Gasteiger partial charge on any atom is -0.408 e. The minimum absolute atomic E-state index is 0. The van der Waals surface area contributed by atoms with E-state index in [1.165, 1.54) is 12.1 Å². The molecular weight excluding hydrogens is 368 g/mol. The number of H-pyrrole nitrogens is 1. The van der Waals surface area contributed by atoms with Crippen molar-refractivity contribution in [2.45, 2.75) is 6.42 Å². The first-order valence-corrected chi connectivity index (χ1v) is 7.52. The quantitative estimate of drug-likeness (QED) is 0.545. The van der Waals surface area contributed by atoms with Crippen LogP contribution in [0.2, 0.25) is 5.02 Å². The van der Waals surface area contributed by atoms with Crippen molar-refractivity contribution in [2.75, 3.05) is 5.32 Å². The summed E-state index contributed by atoms with van der Waals surface area (Å²) in [5.74, 6) is 0.0779. The largest absolute Gasteiger partial charge is 0.408 e. The Morgan fingerprint density at radius 2 is 2.08 bits per heavy atom. The summed E-state index contributed by atoms with van der Waals surface area (Å²) < 4.78 is 18.7. The summed E-state index contributed by atoms with van der Waals surface area (Å²) in [4.78, 5) is 0. The average molecular weight is 380 g/mol.